The first-order valence-corrected chi connectivity index (χ1v) is 6.67. The summed E-state index contributed by atoms with van der Waals surface area (Å²) in [5.74, 6) is -0.403. The zero-order chi connectivity index (χ0) is 14.5. The van der Waals surface area contributed by atoms with E-state index in [1.54, 1.807) is 0 Å². The van der Waals surface area contributed by atoms with Gasteiger partial charge in [0.15, 0.2) is 0 Å². The number of benzene rings is 2. The minimum absolute atomic E-state index is 0.403. The van der Waals surface area contributed by atoms with Gasteiger partial charge in [-0.3, -0.25) is 4.79 Å². The maximum absolute atomic E-state index is 11.3. The molecule has 0 fully saturated rings. The molecular weight excluding hydrogens is 274 g/mol. The molecule has 0 amide bonds. The van der Waals surface area contributed by atoms with Crippen molar-refractivity contribution in [3.05, 3.63) is 59.1 Å². The molecule has 3 nitrogen and oxygen atoms in total. The van der Waals surface area contributed by atoms with Gasteiger partial charge in [0.05, 0.1) is 7.11 Å². The van der Waals surface area contributed by atoms with Crippen LogP contribution in [0.4, 0.5) is 0 Å². The molecule has 2 N–H and O–H groups in total. The molecule has 0 aliphatic rings. The number of halogens is 1. The molecule has 0 saturated carbocycles. The quantitative estimate of drug-likeness (QED) is 0.880. The molecular formula is C16H16ClNO2. The molecule has 104 valence electrons. The molecule has 0 radical (unpaired) electrons. The van der Waals surface area contributed by atoms with Crippen molar-refractivity contribution in [1.82, 2.24) is 0 Å². The second-order valence-corrected chi connectivity index (χ2v) is 4.92. The Hall–Kier alpha value is -1.84. The van der Waals surface area contributed by atoms with Gasteiger partial charge in [0, 0.05) is 10.6 Å². The summed E-state index contributed by atoms with van der Waals surface area (Å²) < 4.78 is 4.61. The van der Waals surface area contributed by atoms with Gasteiger partial charge < -0.3 is 10.5 Å². The largest absolute Gasteiger partial charge is 0.468 e. The lowest BCUT2D eigenvalue weighted by Gasteiger charge is -2.10. The van der Waals surface area contributed by atoms with E-state index in [4.69, 9.17) is 17.3 Å². The summed E-state index contributed by atoms with van der Waals surface area (Å²) in [5, 5.41) is 0.714. The fraction of sp³-hybridized carbons (Fsp3) is 0.188. The second-order valence-electron chi connectivity index (χ2n) is 4.51. The summed E-state index contributed by atoms with van der Waals surface area (Å²) in [6.45, 7) is 0. The minimum Gasteiger partial charge on any atom is -0.468 e. The first-order valence-electron chi connectivity index (χ1n) is 6.29. The molecule has 1 atom stereocenters. The van der Waals surface area contributed by atoms with Crippen molar-refractivity contribution in [2.24, 2.45) is 5.73 Å². The summed E-state index contributed by atoms with van der Waals surface area (Å²) in [6.07, 6.45) is 0.454. The van der Waals surface area contributed by atoms with Crippen LogP contribution in [0.5, 0.6) is 0 Å². The predicted molar refractivity (Wildman–Crippen MR) is 80.6 cm³/mol. The number of carbonyl (C=O) groups is 1. The van der Waals surface area contributed by atoms with Crippen LogP contribution in [-0.4, -0.2) is 19.1 Å². The fourth-order valence-corrected chi connectivity index (χ4v) is 2.25. The van der Waals surface area contributed by atoms with E-state index in [-0.39, 0.29) is 0 Å². The highest BCUT2D eigenvalue weighted by molar-refractivity contribution is 6.33. The van der Waals surface area contributed by atoms with Crippen molar-refractivity contribution < 1.29 is 9.53 Å². The summed E-state index contributed by atoms with van der Waals surface area (Å²) in [6, 6.07) is 14.9. The van der Waals surface area contributed by atoms with Gasteiger partial charge in [-0.25, -0.2) is 0 Å². The number of rotatable bonds is 4. The van der Waals surface area contributed by atoms with Crippen LogP contribution in [0.2, 0.25) is 5.02 Å². The highest BCUT2D eigenvalue weighted by Crippen LogP contribution is 2.27. The Balaban J connectivity index is 2.15. The third-order valence-corrected chi connectivity index (χ3v) is 3.43. The summed E-state index contributed by atoms with van der Waals surface area (Å²) in [7, 11) is 1.34. The van der Waals surface area contributed by atoms with Gasteiger partial charge in [-0.05, 0) is 23.6 Å². The third-order valence-electron chi connectivity index (χ3n) is 3.10. The molecule has 0 heterocycles. The molecule has 0 aliphatic heterocycles. The fourth-order valence-electron chi connectivity index (χ4n) is 2.00. The molecule has 0 aromatic heterocycles. The number of hydrogen-bond acceptors (Lipinski definition) is 3. The third kappa shape index (κ3) is 3.38. The van der Waals surface area contributed by atoms with Crippen LogP contribution in [0.1, 0.15) is 5.56 Å². The van der Waals surface area contributed by atoms with E-state index in [9.17, 15) is 4.79 Å². The van der Waals surface area contributed by atoms with Gasteiger partial charge in [-0.1, -0.05) is 54.1 Å². The van der Waals surface area contributed by atoms with Crippen molar-refractivity contribution in [1.29, 1.82) is 0 Å². The van der Waals surface area contributed by atoms with Crippen LogP contribution < -0.4 is 5.73 Å². The first-order chi connectivity index (χ1) is 9.61. The van der Waals surface area contributed by atoms with Crippen molar-refractivity contribution in [3.8, 4) is 11.1 Å². The van der Waals surface area contributed by atoms with E-state index in [1.165, 1.54) is 7.11 Å². The Bertz CT molecular complexity index is 596. The molecule has 0 aliphatic carbocycles. The van der Waals surface area contributed by atoms with Gasteiger partial charge in [-0.15, -0.1) is 0 Å². The lowest BCUT2D eigenvalue weighted by Crippen LogP contribution is -2.33. The molecule has 4 heteroatoms. The van der Waals surface area contributed by atoms with E-state index in [1.807, 2.05) is 48.5 Å². The van der Waals surface area contributed by atoms with E-state index >= 15 is 0 Å². The second kappa shape index (κ2) is 6.55. The van der Waals surface area contributed by atoms with Gasteiger partial charge in [0.1, 0.15) is 6.04 Å². The van der Waals surface area contributed by atoms with E-state index in [0.717, 1.165) is 16.7 Å². The smallest absolute Gasteiger partial charge is 0.322 e. The highest BCUT2D eigenvalue weighted by Gasteiger charge is 2.14. The van der Waals surface area contributed by atoms with Crippen LogP contribution >= 0.6 is 11.6 Å². The zero-order valence-electron chi connectivity index (χ0n) is 11.2. The van der Waals surface area contributed by atoms with Crippen molar-refractivity contribution in [3.63, 3.8) is 0 Å². The standard InChI is InChI=1S/C16H16ClNO2/c1-20-16(19)15(18)10-11-6-8-12(9-7-11)13-4-2-3-5-14(13)17/h2-9,15H,10,18H2,1H3/t15-/m0/s1. The maximum Gasteiger partial charge on any atom is 0.322 e. The van der Waals surface area contributed by atoms with Gasteiger partial charge in [0.2, 0.25) is 0 Å². The van der Waals surface area contributed by atoms with Crippen LogP contribution in [0.25, 0.3) is 11.1 Å². The Morgan fingerprint density at radius 2 is 1.85 bits per heavy atom. The Morgan fingerprint density at radius 1 is 1.20 bits per heavy atom. The number of esters is 1. The number of nitrogens with two attached hydrogens (primary N) is 1. The first kappa shape index (κ1) is 14.6. The monoisotopic (exact) mass is 289 g/mol. The summed E-state index contributed by atoms with van der Waals surface area (Å²) in [5.41, 5.74) is 8.74. The Morgan fingerprint density at radius 3 is 2.45 bits per heavy atom. The van der Waals surface area contributed by atoms with Gasteiger partial charge >= 0.3 is 5.97 Å². The lowest BCUT2D eigenvalue weighted by atomic mass is 10.0. The molecule has 0 spiro atoms. The normalized spacial score (nSPS) is 11.9. The molecule has 0 saturated heterocycles. The molecule has 20 heavy (non-hydrogen) atoms. The summed E-state index contributed by atoms with van der Waals surface area (Å²) >= 11 is 6.16. The number of methoxy groups -OCH3 is 1. The van der Waals surface area contributed by atoms with Crippen LogP contribution in [0.15, 0.2) is 48.5 Å². The van der Waals surface area contributed by atoms with Crippen molar-refractivity contribution in [2.45, 2.75) is 12.5 Å². The van der Waals surface area contributed by atoms with Crippen LogP contribution in [-0.2, 0) is 16.0 Å². The van der Waals surface area contributed by atoms with Crippen molar-refractivity contribution >= 4 is 17.6 Å². The number of carbonyl (C=O) groups excluding carboxylic acids is 1. The molecule has 2 rings (SSSR count). The molecule has 2 aromatic carbocycles. The summed E-state index contributed by atoms with van der Waals surface area (Å²) in [4.78, 5) is 11.3. The number of hydrogen-bond donors (Lipinski definition) is 1. The SMILES string of the molecule is COC(=O)[C@@H](N)Cc1ccc(-c2ccccc2Cl)cc1. The van der Waals surface area contributed by atoms with E-state index < -0.39 is 12.0 Å². The van der Waals surface area contributed by atoms with Crippen LogP contribution in [0, 0.1) is 0 Å². The van der Waals surface area contributed by atoms with Gasteiger partial charge in [-0.2, -0.15) is 0 Å². The maximum atomic E-state index is 11.3. The Labute approximate surface area is 123 Å². The van der Waals surface area contributed by atoms with Crippen molar-refractivity contribution in [2.75, 3.05) is 7.11 Å². The average molecular weight is 290 g/mol. The average Bonchev–Trinajstić information content (AvgIpc) is 2.48. The molecule has 2 aromatic rings. The predicted octanol–water partition coefficient (Wildman–Crippen LogP) is 3.05. The van der Waals surface area contributed by atoms with E-state index in [2.05, 4.69) is 4.74 Å². The lowest BCUT2D eigenvalue weighted by molar-refractivity contribution is -0.142. The van der Waals surface area contributed by atoms with Crippen LogP contribution in [0.3, 0.4) is 0 Å². The van der Waals surface area contributed by atoms with Gasteiger partial charge in [0.25, 0.3) is 0 Å². The number of ether oxygens (including phenoxy) is 1. The Kier molecular flexibility index (Phi) is 4.77. The molecule has 0 unspecified atom stereocenters. The van der Waals surface area contributed by atoms with E-state index in [0.29, 0.717) is 11.4 Å². The topological polar surface area (TPSA) is 52.3 Å². The minimum atomic E-state index is -0.633. The zero-order valence-corrected chi connectivity index (χ0v) is 11.9. The highest BCUT2D eigenvalue weighted by atomic mass is 35.5. The molecule has 0 bridgehead atoms.